The van der Waals surface area contributed by atoms with Crippen molar-refractivity contribution in [3.05, 3.63) is 30.3 Å². The van der Waals surface area contributed by atoms with Crippen molar-refractivity contribution in [2.45, 2.75) is 20.8 Å². The van der Waals surface area contributed by atoms with Crippen molar-refractivity contribution in [3.8, 4) is 0 Å². The highest BCUT2D eigenvalue weighted by Crippen LogP contribution is 2.12. The second kappa shape index (κ2) is 4.05. The minimum absolute atomic E-state index is 0.533. The van der Waals surface area contributed by atoms with Crippen LogP contribution < -0.4 is 0 Å². The van der Waals surface area contributed by atoms with Crippen LogP contribution in [0.2, 0.25) is 0 Å². The molecule has 0 saturated heterocycles. The highest BCUT2D eigenvalue weighted by atomic mass is 15.5. The first-order valence-electron chi connectivity index (χ1n) is 4.30. The minimum Gasteiger partial charge on any atom is -0.258 e. The third-order valence-electron chi connectivity index (χ3n) is 1.90. The van der Waals surface area contributed by atoms with Crippen LogP contribution in [0, 0.1) is 5.92 Å². The van der Waals surface area contributed by atoms with Crippen molar-refractivity contribution in [1.29, 1.82) is 0 Å². The van der Waals surface area contributed by atoms with E-state index in [4.69, 9.17) is 0 Å². The lowest BCUT2D eigenvalue weighted by molar-refractivity contribution is 0.879. The molecular formula is C11H15N. The van der Waals surface area contributed by atoms with Crippen LogP contribution in [-0.2, 0) is 0 Å². The van der Waals surface area contributed by atoms with Crippen molar-refractivity contribution in [2.75, 3.05) is 0 Å². The maximum atomic E-state index is 4.48. The second-order valence-corrected chi connectivity index (χ2v) is 3.24. The summed E-state index contributed by atoms with van der Waals surface area (Å²) in [6, 6.07) is 10.1. The molecule has 0 aliphatic heterocycles. The summed E-state index contributed by atoms with van der Waals surface area (Å²) in [6.07, 6.45) is 0. The molecule has 0 aliphatic rings. The van der Waals surface area contributed by atoms with Crippen molar-refractivity contribution in [2.24, 2.45) is 10.9 Å². The number of rotatable bonds is 2. The number of hydrogen-bond donors (Lipinski definition) is 0. The summed E-state index contributed by atoms with van der Waals surface area (Å²) in [5.41, 5.74) is 2.23. The molecule has 1 heteroatoms. The zero-order valence-corrected chi connectivity index (χ0v) is 7.91. The summed E-state index contributed by atoms with van der Waals surface area (Å²) in [5.74, 6) is 0.533. The molecule has 0 aliphatic carbocycles. The van der Waals surface area contributed by atoms with Gasteiger partial charge in [-0.1, -0.05) is 32.0 Å². The molecule has 12 heavy (non-hydrogen) atoms. The lowest BCUT2D eigenvalue weighted by Gasteiger charge is -2.02. The lowest BCUT2D eigenvalue weighted by Crippen LogP contribution is -2.00. The summed E-state index contributed by atoms with van der Waals surface area (Å²) >= 11 is 0. The van der Waals surface area contributed by atoms with Crippen LogP contribution in [0.3, 0.4) is 0 Å². The lowest BCUT2D eigenvalue weighted by atomic mass is 10.1. The van der Waals surface area contributed by atoms with Gasteiger partial charge < -0.3 is 0 Å². The molecule has 0 unspecified atom stereocenters. The first-order valence-corrected chi connectivity index (χ1v) is 4.30. The van der Waals surface area contributed by atoms with Crippen molar-refractivity contribution in [3.63, 3.8) is 0 Å². The Morgan fingerprint density at radius 2 is 1.75 bits per heavy atom. The minimum atomic E-state index is 0.533. The predicted molar refractivity (Wildman–Crippen MR) is 54.0 cm³/mol. The average molecular weight is 162 g/mol. The largest absolute Gasteiger partial charge is 0.258 e. The van der Waals surface area contributed by atoms with Gasteiger partial charge in [-0.05, 0) is 25.0 Å². The van der Waals surface area contributed by atoms with E-state index in [9.17, 15) is 0 Å². The smallest absolute Gasteiger partial charge is 0.0629 e. The zero-order valence-electron chi connectivity index (χ0n) is 7.91. The fraction of sp³-hybridized carbons (Fsp3) is 0.364. The zero-order chi connectivity index (χ0) is 8.97. The molecule has 1 aromatic rings. The Kier molecular flexibility index (Phi) is 3.03. The number of aliphatic imine (C=N–C) groups is 1. The van der Waals surface area contributed by atoms with Crippen LogP contribution in [0.25, 0.3) is 0 Å². The first-order chi connectivity index (χ1) is 5.70. The van der Waals surface area contributed by atoms with Gasteiger partial charge in [-0.3, -0.25) is 4.99 Å². The molecule has 0 bridgehead atoms. The van der Waals surface area contributed by atoms with E-state index in [1.54, 1.807) is 0 Å². The third kappa shape index (κ3) is 2.50. The Hall–Kier alpha value is -1.11. The normalized spacial score (nSPS) is 12.2. The van der Waals surface area contributed by atoms with Crippen LogP contribution in [0.5, 0.6) is 0 Å². The van der Waals surface area contributed by atoms with Gasteiger partial charge in [0.2, 0.25) is 0 Å². The summed E-state index contributed by atoms with van der Waals surface area (Å²) in [5, 5.41) is 0. The van der Waals surface area contributed by atoms with E-state index in [1.165, 1.54) is 5.71 Å². The van der Waals surface area contributed by atoms with Gasteiger partial charge >= 0.3 is 0 Å². The summed E-state index contributed by atoms with van der Waals surface area (Å²) in [7, 11) is 0. The van der Waals surface area contributed by atoms with Crippen molar-refractivity contribution >= 4 is 11.4 Å². The van der Waals surface area contributed by atoms with E-state index >= 15 is 0 Å². The van der Waals surface area contributed by atoms with Gasteiger partial charge in [0.15, 0.2) is 0 Å². The van der Waals surface area contributed by atoms with E-state index in [1.807, 2.05) is 30.3 Å². The summed E-state index contributed by atoms with van der Waals surface area (Å²) in [4.78, 5) is 4.48. The van der Waals surface area contributed by atoms with E-state index in [0.29, 0.717) is 5.92 Å². The molecule has 1 nitrogen and oxygen atoms in total. The van der Waals surface area contributed by atoms with Crippen LogP contribution in [0.15, 0.2) is 35.3 Å². The standard InChI is InChI=1S/C11H15N/c1-9(2)10(3)12-11-7-5-4-6-8-11/h4-9H,1-3H3/i12+1. The molecule has 0 saturated carbocycles. The first kappa shape index (κ1) is 8.98. The molecule has 0 atom stereocenters. The molecule has 1 aromatic carbocycles. The fourth-order valence-corrected chi connectivity index (χ4v) is 0.835. The van der Waals surface area contributed by atoms with Gasteiger partial charge in [-0.2, -0.15) is 0 Å². The second-order valence-electron chi connectivity index (χ2n) is 3.24. The van der Waals surface area contributed by atoms with Crippen LogP contribution >= 0.6 is 0 Å². The number of para-hydroxylation sites is 1. The molecule has 0 N–H and O–H groups in total. The van der Waals surface area contributed by atoms with Gasteiger partial charge in [0, 0.05) is 5.71 Å². The summed E-state index contributed by atoms with van der Waals surface area (Å²) in [6.45, 7) is 6.38. The SMILES string of the molecule is CC(=[15N]c1ccccc1)C(C)C. The van der Waals surface area contributed by atoms with Crippen molar-refractivity contribution < 1.29 is 0 Å². The van der Waals surface area contributed by atoms with E-state index in [-0.39, 0.29) is 0 Å². The maximum Gasteiger partial charge on any atom is 0.0629 e. The Morgan fingerprint density at radius 3 is 2.25 bits per heavy atom. The van der Waals surface area contributed by atoms with Gasteiger partial charge in [0.1, 0.15) is 0 Å². The van der Waals surface area contributed by atoms with Crippen LogP contribution in [0.4, 0.5) is 5.69 Å². The third-order valence-corrected chi connectivity index (χ3v) is 1.90. The molecule has 0 radical (unpaired) electrons. The summed E-state index contributed by atoms with van der Waals surface area (Å²) < 4.78 is 0. The molecule has 0 heterocycles. The number of hydrogen-bond acceptors (Lipinski definition) is 1. The molecule has 0 spiro atoms. The van der Waals surface area contributed by atoms with Gasteiger partial charge in [0.25, 0.3) is 0 Å². The fourth-order valence-electron chi connectivity index (χ4n) is 0.835. The highest BCUT2D eigenvalue weighted by molar-refractivity contribution is 5.86. The van der Waals surface area contributed by atoms with Gasteiger partial charge in [0.05, 0.1) is 5.69 Å². The van der Waals surface area contributed by atoms with E-state index < -0.39 is 0 Å². The van der Waals surface area contributed by atoms with Gasteiger partial charge in [-0.25, -0.2) is 0 Å². The number of benzene rings is 1. The monoisotopic (exact) mass is 162 g/mol. The van der Waals surface area contributed by atoms with Gasteiger partial charge in [-0.15, -0.1) is 0 Å². The van der Waals surface area contributed by atoms with Crippen LogP contribution in [-0.4, -0.2) is 5.71 Å². The molecule has 0 amide bonds. The Bertz CT molecular complexity index is 260. The molecular weight excluding hydrogens is 147 g/mol. The van der Waals surface area contributed by atoms with E-state index in [2.05, 4.69) is 25.8 Å². The molecule has 1 rings (SSSR count). The number of nitrogens with zero attached hydrogens (tertiary/aromatic N) is 1. The average Bonchev–Trinajstić information content (AvgIpc) is 2.06. The maximum absolute atomic E-state index is 4.48. The Balaban J connectivity index is 2.81. The Morgan fingerprint density at radius 1 is 1.17 bits per heavy atom. The molecule has 64 valence electrons. The molecule has 0 fully saturated rings. The van der Waals surface area contributed by atoms with Crippen LogP contribution in [0.1, 0.15) is 20.8 Å². The van der Waals surface area contributed by atoms with E-state index in [0.717, 1.165) is 5.69 Å². The predicted octanol–water partition coefficient (Wildman–Crippen LogP) is 3.44. The Labute approximate surface area is 74.2 Å². The van der Waals surface area contributed by atoms with Crippen molar-refractivity contribution in [1.82, 2.24) is 0 Å². The topological polar surface area (TPSA) is 12.4 Å². The molecule has 0 aromatic heterocycles. The highest BCUT2D eigenvalue weighted by Gasteiger charge is 1.96. The quantitative estimate of drug-likeness (QED) is 0.466.